The highest BCUT2D eigenvalue weighted by atomic mass is 35.5. The first kappa shape index (κ1) is 13.2. The van der Waals surface area contributed by atoms with Crippen LogP contribution in [0.3, 0.4) is 0 Å². The molecular formula is C11H4ClF2NO4. The number of carbonyl (C=O) groups excluding carboxylic acids is 1. The zero-order chi connectivity index (χ0) is 14.2. The predicted molar refractivity (Wildman–Crippen MR) is 60.2 cm³/mol. The Balaban J connectivity index is 2.43. The lowest BCUT2D eigenvalue weighted by atomic mass is 10.1. The van der Waals surface area contributed by atoms with Crippen LogP contribution in [0.25, 0.3) is 0 Å². The van der Waals surface area contributed by atoms with Gasteiger partial charge in [0.15, 0.2) is 17.4 Å². The Kier molecular flexibility index (Phi) is 3.30. The van der Waals surface area contributed by atoms with E-state index in [2.05, 4.69) is 4.42 Å². The van der Waals surface area contributed by atoms with Crippen molar-refractivity contribution in [1.82, 2.24) is 0 Å². The minimum Gasteiger partial charge on any atom is -0.397 e. The number of nitro groups is 1. The second-order valence-electron chi connectivity index (χ2n) is 3.47. The summed E-state index contributed by atoms with van der Waals surface area (Å²) in [6.45, 7) is 0. The molecule has 0 N–H and O–H groups in total. The van der Waals surface area contributed by atoms with Gasteiger partial charge in [-0.2, -0.15) is 0 Å². The van der Waals surface area contributed by atoms with E-state index in [0.29, 0.717) is 12.1 Å². The Hall–Kier alpha value is -2.28. The molecule has 0 saturated heterocycles. The van der Waals surface area contributed by atoms with Crippen molar-refractivity contribution in [2.75, 3.05) is 0 Å². The summed E-state index contributed by atoms with van der Waals surface area (Å²) in [5.41, 5.74) is -0.343. The maximum absolute atomic E-state index is 13.0. The van der Waals surface area contributed by atoms with Crippen molar-refractivity contribution in [3.05, 3.63) is 62.4 Å². The molecule has 19 heavy (non-hydrogen) atoms. The molecule has 0 radical (unpaired) electrons. The predicted octanol–water partition coefficient (Wildman–Crippen LogP) is 3.35. The van der Waals surface area contributed by atoms with Gasteiger partial charge in [0.2, 0.25) is 5.78 Å². The Morgan fingerprint density at radius 2 is 1.89 bits per heavy atom. The van der Waals surface area contributed by atoms with Crippen molar-refractivity contribution in [2.45, 2.75) is 0 Å². The van der Waals surface area contributed by atoms with E-state index >= 15 is 0 Å². The third-order valence-electron chi connectivity index (χ3n) is 2.25. The second kappa shape index (κ2) is 4.77. The Morgan fingerprint density at radius 1 is 1.26 bits per heavy atom. The number of carbonyl (C=O) groups is 1. The van der Waals surface area contributed by atoms with E-state index in [1.807, 2.05) is 0 Å². The molecule has 98 valence electrons. The lowest BCUT2D eigenvalue weighted by molar-refractivity contribution is -0.402. The highest BCUT2D eigenvalue weighted by molar-refractivity contribution is 6.34. The maximum atomic E-state index is 13.0. The molecule has 0 amide bonds. The van der Waals surface area contributed by atoms with Crippen LogP contribution in [0.5, 0.6) is 0 Å². The number of furan rings is 1. The van der Waals surface area contributed by atoms with E-state index in [9.17, 15) is 23.7 Å². The third kappa shape index (κ3) is 2.45. The summed E-state index contributed by atoms with van der Waals surface area (Å²) >= 11 is 5.61. The van der Waals surface area contributed by atoms with Crippen molar-refractivity contribution < 1.29 is 22.9 Å². The number of hydrogen-bond acceptors (Lipinski definition) is 4. The molecule has 0 fully saturated rings. The summed E-state index contributed by atoms with van der Waals surface area (Å²) in [6.07, 6.45) is 0. The molecule has 8 heteroatoms. The summed E-state index contributed by atoms with van der Waals surface area (Å²) in [7, 11) is 0. The summed E-state index contributed by atoms with van der Waals surface area (Å²) < 4.78 is 30.6. The molecule has 5 nitrogen and oxygen atoms in total. The van der Waals surface area contributed by atoms with E-state index in [4.69, 9.17) is 11.6 Å². The number of ketones is 1. The molecule has 0 unspecified atom stereocenters. The molecule has 0 aliphatic heterocycles. The zero-order valence-electron chi connectivity index (χ0n) is 9.02. The molecule has 0 aliphatic rings. The van der Waals surface area contributed by atoms with Gasteiger partial charge in [-0.05, 0) is 18.2 Å². The van der Waals surface area contributed by atoms with Gasteiger partial charge in [-0.25, -0.2) is 8.78 Å². The average molecular weight is 288 g/mol. The van der Waals surface area contributed by atoms with Crippen LogP contribution in [-0.4, -0.2) is 10.7 Å². The molecule has 0 spiro atoms. The first-order chi connectivity index (χ1) is 8.90. The van der Waals surface area contributed by atoms with E-state index in [1.165, 1.54) is 0 Å². The minimum absolute atomic E-state index is 0.317. The summed E-state index contributed by atoms with van der Waals surface area (Å²) in [4.78, 5) is 21.5. The van der Waals surface area contributed by atoms with Crippen LogP contribution in [0.15, 0.2) is 28.7 Å². The van der Waals surface area contributed by atoms with Crippen LogP contribution < -0.4 is 0 Å². The fourth-order valence-electron chi connectivity index (χ4n) is 1.38. The van der Waals surface area contributed by atoms with E-state index in [1.54, 1.807) is 0 Å². The molecule has 2 aromatic rings. The second-order valence-corrected chi connectivity index (χ2v) is 3.88. The number of hydrogen-bond donors (Lipinski definition) is 0. The Bertz CT molecular complexity index is 683. The lowest BCUT2D eigenvalue weighted by Gasteiger charge is -2.02. The van der Waals surface area contributed by atoms with Crippen molar-refractivity contribution in [3.63, 3.8) is 0 Å². The van der Waals surface area contributed by atoms with Crippen molar-refractivity contribution >= 4 is 23.3 Å². The summed E-state index contributed by atoms with van der Waals surface area (Å²) in [5.74, 6) is -4.36. The summed E-state index contributed by atoms with van der Waals surface area (Å²) in [6, 6.07) is 3.27. The Morgan fingerprint density at radius 3 is 2.47 bits per heavy atom. The lowest BCUT2D eigenvalue weighted by Crippen LogP contribution is -2.02. The molecule has 1 aromatic heterocycles. The first-order valence-corrected chi connectivity index (χ1v) is 5.21. The van der Waals surface area contributed by atoms with Gasteiger partial charge in [-0.3, -0.25) is 14.9 Å². The molecule has 0 bridgehead atoms. The summed E-state index contributed by atoms with van der Waals surface area (Å²) in [5, 5.41) is 10.1. The van der Waals surface area contributed by atoms with Crippen LogP contribution in [-0.2, 0) is 0 Å². The number of nitrogens with zero attached hydrogens (tertiary/aromatic N) is 1. The highest BCUT2D eigenvalue weighted by Crippen LogP contribution is 2.25. The van der Waals surface area contributed by atoms with E-state index in [-0.39, 0.29) is 16.3 Å². The standard InChI is InChI=1S/C11H4ClF2NO4/c12-6-4-8(14)7(13)3-5(6)11(16)9-1-2-10(19-9)15(17)18/h1-4H. The normalized spacial score (nSPS) is 10.5. The van der Waals surface area contributed by atoms with Crippen molar-refractivity contribution in [2.24, 2.45) is 0 Å². The van der Waals surface area contributed by atoms with Crippen LogP contribution >= 0.6 is 11.6 Å². The maximum Gasteiger partial charge on any atom is 0.433 e. The molecule has 2 rings (SSSR count). The van der Waals surface area contributed by atoms with Crippen LogP contribution in [0.4, 0.5) is 14.7 Å². The van der Waals surface area contributed by atoms with Gasteiger partial charge in [0, 0.05) is 5.56 Å². The smallest absolute Gasteiger partial charge is 0.397 e. The zero-order valence-corrected chi connectivity index (χ0v) is 9.78. The minimum atomic E-state index is -1.26. The highest BCUT2D eigenvalue weighted by Gasteiger charge is 2.22. The number of halogens is 3. The van der Waals surface area contributed by atoms with Gasteiger partial charge in [-0.1, -0.05) is 11.6 Å². The SMILES string of the molecule is O=C(c1ccc([N+](=O)[O-])o1)c1cc(F)c(F)cc1Cl. The quantitative estimate of drug-likeness (QED) is 0.375. The first-order valence-electron chi connectivity index (χ1n) is 4.83. The molecule has 0 atom stereocenters. The van der Waals surface area contributed by atoms with Gasteiger partial charge in [0.1, 0.15) is 4.92 Å². The van der Waals surface area contributed by atoms with Gasteiger partial charge in [0.25, 0.3) is 0 Å². The van der Waals surface area contributed by atoms with Gasteiger partial charge < -0.3 is 4.42 Å². The van der Waals surface area contributed by atoms with Crippen molar-refractivity contribution in [1.29, 1.82) is 0 Å². The van der Waals surface area contributed by atoms with Gasteiger partial charge in [-0.15, -0.1) is 0 Å². The molecule has 0 saturated carbocycles. The van der Waals surface area contributed by atoms with Gasteiger partial charge >= 0.3 is 5.88 Å². The van der Waals surface area contributed by atoms with Crippen molar-refractivity contribution in [3.8, 4) is 0 Å². The Labute approximate surface area is 109 Å². The fourth-order valence-corrected chi connectivity index (χ4v) is 1.61. The molecule has 1 heterocycles. The van der Waals surface area contributed by atoms with Gasteiger partial charge in [0.05, 0.1) is 11.1 Å². The van der Waals surface area contributed by atoms with E-state index < -0.39 is 28.2 Å². The van der Waals surface area contributed by atoms with Crippen LogP contribution in [0.2, 0.25) is 5.02 Å². The monoisotopic (exact) mass is 287 g/mol. The average Bonchev–Trinajstić information content (AvgIpc) is 2.82. The topological polar surface area (TPSA) is 73.3 Å². The van der Waals surface area contributed by atoms with Crippen LogP contribution in [0.1, 0.15) is 16.1 Å². The molecule has 0 aliphatic carbocycles. The molecule has 1 aromatic carbocycles. The third-order valence-corrected chi connectivity index (χ3v) is 2.56. The fraction of sp³-hybridized carbons (Fsp3) is 0. The van der Waals surface area contributed by atoms with E-state index in [0.717, 1.165) is 12.1 Å². The molecular weight excluding hydrogens is 284 g/mol. The van der Waals surface area contributed by atoms with Crippen LogP contribution in [0, 0.1) is 21.7 Å². The number of rotatable bonds is 3. The number of benzene rings is 1. The largest absolute Gasteiger partial charge is 0.433 e.